The Kier molecular flexibility index (Phi) is 4.64. The minimum absolute atomic E-state index is 0.405. The number of fused-ring (bicyclic) bond motifs is 1. The van der Waals surface area contributed by atoms with Crippen LogP contribution in [0, 0.1) is 11.3 Å². The fraction of sp³-hybridized carbons (Fsp3) is 0.318. The maximum Gasteiger partial charge on any atom is 0.227 e. The predicted molar refractivity (Wildman–Crippen MR) is 109 cm³/mol. The molecule has 1 saturated carbocycles. The lowest BCUT2D eigenvalue weighted by atomic mass is 10.1. The highest BCUT2D eigenvalue weighted by Gasteiger charge is 2.32. The van der Waals surface area contributed by atoms with Gasteiger partial charge >= 0.3 is 0 Å². The van der Waals surface area contributed by atoms with E-state index in [1.807, 2.05) is 24.3 Å². The van der Waals surface area contributed by atoms with Crippen molar-refractivity contribution in [1.29, 1.82) is 5.26 Å². The number of nitriles is 1. The van der Waals surface area contributed by atoms with Crippen molar-refractivity contribution in [3.05, 3.63) is 53.6 Å². The van der Waals surface area contributed by atoms with Gasteiger partial charge in [0.05, 0.1) is 37.2 Å². The molecule has 2 aromatic heterocycles. The summed E-state index contributed by atoms with van der Waals surface area (Å²) >= 11 is 0. The van der Waals surface area contributed by atoms with Crippen LogP contribution in [0.4, 0.5) is 5.82 Å². The van der Waals surface area contributed by atoms with Gasteiger partial charge in [-0.05, 0) is 30.5 Å². The third-order valence-electron chi connectivity index (χ3n) is 5.33. The van der Waals surface area contributed by atoms with E-state index >= 15 is 0 Å². The van der Waals surface area contributed by atoms with Gasteiger partial charge in [-0.25, -0.2) is 19.9 Å². The van der Waals surface area contributed by atoms with Crippen molar-refractivity contribution in [1.82, 2.24) is 19.9 Å². The molecular formula is C22H20N6O2. The van der Waals surface area contributed by atoms with E-state index in [2.05, 4.69) is 25.9 Å². The Morgan fingerprint density at radius 3 is 2.77 bits per heavy atom. The Morgan fingerprint density at radius 1 is 1.20 bits per heavy atom. The lowest BCUT2D eigenvalue weighted by Crippen LogP contribution is -2.33. The standard InChI is InChI=1S/C22H20N6O2/c1-29-22-18(19(16-6-7-16)25-13-26-22)20-24-11-17-21(27-20)28(8-9-30-17)12-15-4-2-14(10-23)3-5-15/h2-5,11,13,16H,6-9,12H2,1H3. The number of benzene rings is 1. The van der Waals surface area contributed by atoms with Crippen LogP contribution in [0.1, 0.15) is 35.6 Å². The molecular weight excluding hydrogens is 380 g/mol. The first-order valence-electron chi connectivity index (χ1n) is 9.90. The van der Waals surface area contributed by atoms with Gasteiger partial charge < -0.3 is 14.4 Å². The van der Waals surface area contributed by atoms with Crippen molar-refractivity contribution in [3.8, 4) is 29.1 Å². The van der Waals surface area contributed by atoms with Gasteiger partial charge in [0.25, 0.3) is 0 Å². The SMILES string of the molecule is COc1ncnc(C2CC2)c1-c1ncc2c(n1)N(Cc1ccc(C#N)cc1)CCO2. The molecule has 0 radical (unpaired) electrons. The summed E-state index contributed by atoms with van der Waals surface area (Å²) < 4.78 is 11.3. The molecule has 3 heterocycles. The van der Waals surface area contributed by atoms with E-state index in [-0.39, 0.29) is 0 Å². The highest BCUT2D eigenvalue weighted by atomic mass is 16.5. The van der Waals surface area contributed by atoms with E-state index in [1.165, 1.54) is 6.33 Å². The predicted octanol–water partition coefficient (Wildman–Crippen LogP) is 3.09. The van der Waals surface area contributed by atoms with Crippen LogP contribution in [0.15, 0.2) is 36.8 Å². The molecule has 2 aliphatic rings. The highest BCUT2D eigenvalue weighted by Crippen LogP contribution is 2.45. The summed E-state index contributed by atoms with van der Waals surface area (Å²) in [4.78, 5) is 20.3. The first-order valence-corrected chi connectivity index (χ1v) is 9.90. The zero-order valence-electron chi connectivity index (χ0n) is 16.6. The largest absolute Gasteiger partial charge is 0.486 e. The van der Waals surface area contributed by atoms with Gasteiger partial charge in [0.1, 0.15) is 18.5 Å². The third kappa shape index (κ3) is 3.39. The Labute approximate surface area is 174 Å². The molecule has 1 aromatic carbocycles. The summed E-state index contributed by atoms with van der Waals surface area (Å²) in [6.45, 7) is 1.94. The molecule has 0 bridgehead atoms. The highest BCUT2D eigenvalue weighted by molar-refractivity contribution is 5.68. The van der Waals surface area contributed by atoms with Crippen molar-refractivity contribution in [2.45, 2.75) is 25.3 Å². The van der Waals surface area contributed by atoms with Crippen LogP contribution in [0.25, 0.3) is 11.4 Å². The molecule has 0 saturated heterocycles. The smallest absolute Gasteiger partial charge is 0.227 e. The summed E-state index contributed by atoms with van der Waals surface area (Å²) in [5.41, 5.74) is 3.45. The van der Waals surface area contributed by atoms with Crippen molar-refractivity contribution >= 4 is 5.82 Å². The monoisotopic (exact) mass is 400 g/mol. The number of aromatic nitrogens is 4. The van der Waals surface area contributed by atoms with Crippen LogP contribution in [0.3, 0.4) is 0 Å². The van der Waals surface area contributed by atoms with Crippen LogP contribution in [0.2, 0.25) is 0 Å². The summed E-state index contributed by atoms with van der Waals surface area (Å²) in [5, 5.41) is 9.01. The molecule has 3 aromatic rings. The van der Waals surface area contributed by atoms with E-state index in [4.69, 9.17) is 19.7 Å². The molecule has 5 rings (SSSR count). The molecule has 8 heteroatoms. The summed E-state index contributed by atoms with van der Waals surface area (Å²) in [6, 6.07) is 9.75. The van der Waals surface area contributed by atoms with Gasteiger partial charge in [-0.1, -0.05) is 12.1 Å². The van der Waals surface area contributed by atoms with Crippen LogP contribution in [-0.4, -0.2) is 40.2 Å². The maximum atomic E-state index is 9.01. The van der Waals surface area contributed by atoms with Crippen molar-refractivity contribution in [3.63, 3.8) is 0 Å². The molecule has 8 nitrogen and oxygen atoms in total. The van der Waals surface area contributed by atoms with Crippen LogP contribution < -0.4 is 14.4 Å². The molecule has 0 unspecified atom stereocenters. The van der Waals surface area contributed by atoms with E-state index in [9.17, 15) is 0 Å². The Hall–Kier alpha value is -3.73. The van der Waals surface area contributed by atoms with Crippen LogP contribution in [-0.2, 0) is 6.54 Å². The average Bonchev–Trinajstić information content (AvgIpc) is 3.64. The summed E-state index contributed by atoms with van der Waals surface area (Å²) in [7, 11) is 1.60. The summed E-state index contributed by atoms with van der Waals surface area (Å²) in [5.74, 6) is 2.83. The van der Waals surface area contributed by atoms with Crippen LogP contribution in [0.5, 0.6) is 11.6 Å². The normalized spacial score (nSPS) is 15.1. The minimum Gasteiger partial charge on any atom is -0.486 e. The van der Waals surface area contributed by atoms with Gasteiger partial charge in [0.15, 0.2) is 17.4 Å². The molecule has 0 amide bonds. The van der Waals surface area contributed by atoms with E-state index < -0.39 is 0 Å². The number of nitrogens with zero attached hydrogens (tertiary/aromatic N) is 6. The molecule has 150 valence electrons. The Morgan fingerprint density at radius 2 is 2.03 bits per heavy atom. The van der Waals surface area contributed by atoms with Crippen molar-refractivity contribution in [2.75, 3.05) is 25.2 Å². The summed E-state index contributed by atoms with van der Waals surface area (Å²) in [6.07, 6.45) is 5.46. The zero-order chi connectivity index (χ0) is 20.5. The second-order valence-electron chi connectivity index (χ2n) is 7.38. The lowest BCUT2D eigenvalue weighted by molar-refractivity contribution is 0.303. The number of ether oxygens (including phenoxy) is 2. The fourth-order valence-corrected chi connectivity index (χ4v) is 3.65. The Bertz CT molecular complexity index is 1120. The van der Waals surface area contributed by atoms with Crippen molar-refractivity contribution in [2.24, 2.45) is 0 Å². The molecule has 1 fully saturated rings. The molecule has 30 heavy (non-hydrogen) atoms. The van der Waals surface area contributed by atoms with E-state index in [0.717, 1.165) is 35.5 Å². The number of hydrogen-bond donors (Lipinski definition) is 0. The van der Waals surface area contributed by atoms with Crippen LogP contribution >= 0.6 is 0 Å². The lowest BCUT2D eigenvalue weighted by Gasteiger charge is -2.30. The minimum atomic E-state index is 0.405. The maximum absolute atomic E-state index is 9.01. The third-order valence-corrected chi connectivity index (χ3v) is 5.33. The van der Waals surface area contributed by atoms with Crippen molar-refractivity contribution < 1.29 is 9.47 Å². The number of rotatable bonds is 5. The first kappa shape index (κ1) is 18.3. The fourth-order valence-electron chi connectivity index (χ4n) is 3.65. The second-order valence-corrected chi connectivity index (χ2v) is 7.38. The zero-order valence-corrected chi connectivity index (χ0v) is 16.6. The first-order chi connectivity index (χ1) is 14.8. The Balaban J connectivity index is 1.52. The second kappa shape index (κ2) is 7.59. The number of methoxy groups -OCH3 is 1. The molecule has 0 N–H and O–H groups in total. The number of anilines is 1. The average molecular weight is 400 g/mol. The van der Waals surface area contributed by atoms with Gasteiger partial charge in [0.2, 0.25) is 5.88 Å². The molecule has 1 aliphatic heterocycles. The quantitative estimate of drug-likeness (QED) is 0.644. The molecule has 0 atom stereocenters. The van der Waals surface area contributed by atoms with Gasteiger partial charge in [-0.3, -0.25) is 0 Å². The van der Waals surface area contributed by atoms with Gasteiger partial charge in [-0.2, -0.15) is 5.26 Å². The van der Waals surface area contributed by atoms with E-state index in [1.54, 1.807) is 13.3 Å². The van der Waals surface area contributed by atoms with Gasteiger partial charge in [-0.15, -0.1) is 0 Å². The topological polar surface area (TPSA) is 97.0 Å². The van der Waals surface area contributed by atoms with E-state index in [0.29, 0.717) is 48.6 Å². The molecule has 0 spiro atoms. The number of hydrogen-bond acceptors (Lipinski definition) is 8. The van der Waals surface area contributed by atoms with Gasteiger partial charge in [0, 0.05) is 12.5 Å². The molecule has 1 aliphatic carbocycles.